The molecule has 10 heteroatoms. The van der Waals surface area contributed by atoms with Gasteiger partial charge in [-0.15, -0.1) is 10.2 Å². The maximum atomic E-state index is 12.4. The summed E-state index contributed by atoms with van der Waals surface area (Å²) in [5.41, 5.74) is 2.15. The minimum absolute atomic E-state index is 0.162. The number of nitrogens with zero attached hydrogens (tertiary/aromatic N) is 3. The van der Waals surface area contributed by atoms with E-state index in [1.165, 1.54) is 11.8 Å². The molecule has 0 bridgehead atoms. The number of amides is 2. The van der Waals surface area contributed by atoms with Crippen LogP contribution in [0.2, 0.25) is 5.02 Å². The lowest BCUT2D eigenvalue weighted by Gasteiger charge is -2.08. The lowest BCUT2D eigenvalue weighted by Crippen LogP contribution is -2.25. The highest BCUT2D eigenvalue weighted by molar-refractivity contribution is 9.10. The number of nitrogens with one attached hydrogen (secondary N) is 2. The molecule has 1 heterocycles. The Morgan fingerprint density at radius 3 is 2.70 bits per heavy atom. The van der Waals surface area contributed by atoms with Crippen LogP contribution in [0.3, 0.4) is 0 Å². The van der Waals surface area contributed by atoms with E-state index in [1.807, 2.05) is 25.1 Å². The van der Waals surface area contributed by atoms with Gasteiger partial charge in [-0.1, -0.05) is 41.6 Å². The monoisotopic (exact) mass is 507 g/mol. The van der Waals surface area contributed by atoms with Crippen molar-refractivity contribution in [2.75, 3.05) is 11.1 Å². The van der Waals surface area contributed by atoms with Crippen LogP contribution in [0.1, 0.15) is 21.7 Å². The van der Waals surface area contributed by atoms with Crippen LogP contribution in [0.5, 0.6) is 0 Å². The highest BCUT2D eigenvalue weighted by Crippen LogP contribution is 2.25. The zero-order valence-electron chi connectivity index (χ0n) is 16.3. The van der Waals surface area contributed by atoms with Crippen molar-refractivity contribution in [1.29, 1.82) is 0 Å². The highest BCUT2D eigenvalue weighted by atomic mass is 79.9. The van der Waals surface area contributed by atoms with E-state index in [0.29, 0.717) is 27.3 Å². The van der Waals surface area contributed by atoms with Crippen molar-refractivity contribution in [3.05, 3.63) is 68.9 Å². The number of aromatic nitrogens is 3. The van der Waals surface area contributed by atoms with Crippen LogP contribution in [0, 0.1) is 6.92 Å². The maximum absolute atomic E-state index is 12.4. The Kier molecular flexibility index (Phi) is 7.52. The molecule has 0 atom stereocenters. The lowest BCUT2D eigenvalue weighted by atomic mass is 10.1. The molecule has 2 aromatic carbocycles. The van der Waals surface area contributed by atoms with Gasteiger partial charge >= 0.3 is 0 Å². The van der Waals surface area contributed by atoms with Crippen LogP contribution in [0.25, 0.3) is 0 Å². The third kappa shape index (κ3) is 5.62. The number of anilines is 1. The topological polar surface area (TPSA) is 88.9 Å². The minimum atomic E-state index is -0.184. The fourth-order valence-electron chi connectivity index (χ4n) is 2.61. The number of thioether (sulfide) groups is 1. The fourth-order valence-corrected chi connectivity index (χ4v) is 3.77. The Hall–Kier alpha value is -2.36. The molecule has 2 amide bonds. The summed E-state index contributed by atoms with van der Waals surface area (Å²) in [6.07, 6.45) is 0. The number of hydrogen-bond donors (Lipinski definition) is 2. The summed E-state index contributed by atoms with van der Waals surface area (Å²) in [6.45, 7) is 2.13. The standard InChI is InChI=1S/C20H19BrClN5O2S/c1-12-5-3-4-6-14(12)19(29)23-10-17-25-26-20(27(17)2)30-11-18(28)24-13-7-8-15(21)16(22)9-13/h3-9H,10-11H2,1-2H3,(H,23,29)(H,24,28). The summed E-state index contributed by atoms with van der Waals surface area (Å²) in [6, 6.07) is 12.6. The van der Waals surface area contributed by atoms with Crippen molar-refractivity contribution in [3.8, 4) is 0 Å². The van der Waals surface area contributed by atoms with Gasteiger partial charge in [-0.2, -0.15) is 0 Å². The number of benzene rings is 2. The van der Waals surface area contributed by atoms with Crippen LogP contribution in [0.4, 0.5) is 5.69 Å². The third-order valence-electron chi connectivity index (χ3n) is 4.26. The van der Waals surface area contributed by atoms with Crippen molar-refractivity contribution in [2.45, 2.75) is 18.6 Å². The summed E-state index contributed by atoms with van der Waals surface area (Å²) in [4.78, 5) is 24.6. The SMILES string of the molecule is Cc1ccccc1C(=O)NCc1nnc(SCC(=O)Nc2ccc(Br)c(Cl)c2)n1C. The average molecular weight is 509 g/mol. The molecular formula is C20H19BrClN5O2S. The van der Waals surface area contributed by atoms with E-state index < -0.39 is 0 Å². The number of halogens is 2. The number of carbonyl (C=O) groups is 2. The third-order valence-corrected chi connectivity index (χ3v) is 6.51. The molecule has 0 saturated heterocycles. The van der Waals surface area contributed by atoms with Gasteiger partial charge in [0.2, 0.25) is 5.91 Å². The molecule has 0 unspecified atom stereocenters. The van der Waals surface area contributed by atoms with E-state index >= 15 is 0 Å². The molecule has 7 nitrogen and oxygen atoms in total. The van der Waals surface area contributed by atoms with Crippen LogP contribution in [-0.2, 0) is 18.4 Å². The van der Waals surface area contributed by atoms with Crippen LogP contribution in [-0.4, -0.2) is 32.3 Å². The van der Waals surface area contributed by atoms with E-state index in [4.69, 9.17) is 11.6 Å². The quantitative estimate of drug-likeness (QED) is 0.467. The molecule has 3 rings (SSSR count). The van der Waals surface area contributed by atoms with E-state index in [0.717, 1.165) is 10.0 Å². The van der Waals surface area contributed by atoms with Gasteiger partial charge in [-0.3, -0.25) is 9.59 Å². The number of carbonyl (C=O) groups excluding carboxylic acids is 2. The first kappa shape index (κ1) is 22.3. The number of aryl methyl sites for hydroxylation is 1. The Balaban J connectivity index is 1.53. The smallest absolute Gasteiger partial charge is 0.251 e. The van der Waals surface area contributed by atoms with Crippen molar-refractivity contribution in [3.63, 3.8) is 0 Å². The Morgan fingerprint density at radius 2 is 1.97 bits per heavy atom. The molecule has 3 aromatic rings. The molecule has 0 fully saturated rings. The lowest BCUT2D eigenvalue weighted by molar-refractivity contribution is -0.113. The average Bonchev–Trinajstić information content (AvgIpc) is 3.07. The Morgan fingerprint density at radius 1 is 1.20 bits per heavy atom. The Labute approximate surface area is 191 Å². The summed E-state index contributed by atoms with van der Waals surface area (Å²) < 4.78 is 2.52. The maximum Gasteiger partial charge on any atom is 0.251 e. The first-order chi connectivity index (χ1) is 14.3. The largest absolute Gasteiger partial charge is 0.345 e. The van der Waals surface area contributed by atoms with Crippen molar-refractivity contribution >= 4 is 56.8 Å². The molecule has 2 N–H and O–H groups in total. The highest BCUT2D eigenvalue weighted by Gasteiger charge is 2.14. The van der Waals surface area contributed by atoms with Crippen molar-refractivity contribution < 1.29 is 9.59 Å². The second kappa shape index (κ2) is 10.1. The molecular weight excluding hydrogens is 490 g/mol. The van der Waals surface area contributed by atoms with Crippen LogP contribution >= 0.6 is 39.3 Å². The molecule has 30 heavy (non-hydrogen) atoms. The normalized spacial score (nSPS) is 10.7. The summed E-state index contributed by atoms with van der Waals surface area (Å²) in [5, 5.41) is 15.0. The van der Waals surface area contributed by atoms with Gasteiger partial charge in [-0.05, 0) is 52.7 Å². The minimum Gasteiger partial charge on any atom is -0.345 e. The second-order valence-electron chi connectivity index (χ2n) is 6.42. The molecule has 156 valence electrons. The van der Waals surface area contributed by atoms with Gasteiger partial charge < -0.3 is 15.2 Å². The van der Waals surface area contributed by atoms with Crippen molar-refractivity contribution in [1.82, 2.24) is 20.1 Å². The fraction of sp³-hybridized carbons (Fsp3) is 0.200. The molecule has 0 aliphatic rings. The van der Waals surface area contributed by atoms with Gasteiger partial charge in [-0.25, -0.2) is 0 Å². The van der Waals surface area contributed by atoms with E-state index in [2.05, 4.69) is 36.8 Å². The number of hydrogen-bond acceptors (Lipinski definition) is 5. The van der Waals surface area contributed by atoms with E-state index in [9.17, 15) is 9.59 Å². The van der Waals surface area contributed by atoms with Gasteiger partial charge in [0.25, 0.3) is 5.91 Å². The summed E-state index contributed by atoms with van der Waals surface area (Å²) >= 11 is 10.6. The van der Waals surface area contributed by atoms with Gasteiger partial charge in [0.05, 0.1) is 17.3 Å². The predicted molar refractivity (Wildman–Crippen MR) is 122 cm³/mol. The number of rotatable bonds is 7. The van der Waals surface area contributed by atoms with Crippen molar-refractivity contribution in [2.24, 2.45) is 7.05 Å². The Bertz CT molecular complexity index is 1090. The van der Waals surface area contributed by atoms with Gasteiger partial charge in [0, 0.05) is 22.8 Å². The predicted octanol–water partition coefficient (Wildman–Crippen LogP) is 4.20. The second-order valence-corrected chi connectivity index (χ2v) is 8.63. The summed E-state index contributed by atoms with van der Waals surface area (Å²) in [5.74, 6) is 0.406. The first-order valence-corrected chi connectivity index (χ1v) is 11.1. The molecule has 0 aliphatic carbocycles. The van der Waals surface area contributed by atoms with E-state index in [-0.39, 0.29) is 24.1 Å². The molecule has 1 aromatic heterocycles. The summed E-state index contributed by atoms with van der Waals surface area (Å²) in [7, 11) is 1.80. The first-order valence-electron chi connectivity index (χ1n) is 8.95. The molecule has 0 spiro atoms. The molecule has 0 radical (unpaired) electrons. The zero-order chi connectivity index (χ0) is 21.7. The molecule has 0 aliphatic heterocycles. The zero-order valence-corrected chi connectivity index (χ0v) is 19.4. The van der Waals surface area contributed by atoms with Crippen LogP contribution < -0.4 is 10.6 Å². The van der Waals surface area contributed by atoms with Gasteiger partial charge in [0.15, 0.2) is 11.0 Å². The van der Waals surface area contributed by atoms with Crippen LogP contribution in [0.15, 0.2) is 52.1 Å². The van der Waals surface area contributed by atoms with Gasteiger partial charge in [0.1, 0.15) is 0 Å². The van der Waals surface area contributed by atoms with E-state index in [1.54, 1.807) is 35.9 Å². The molecule has 0 saturated carbocycles.